The fourth-order valence-corrected chi connectivity index (χ4v) is 3.17. The Morgan fingerprint density at radius 3 is 2.52 bits per heavy atom. The third kappa shape index (κ3) is 4.69. The largest absolute Gasteiger partial charge is 0.507 e. The van der Waals surface area contributed by atoms with Crippen molar-refractivity contribution in [1.82, 2.24) is 4.98 Å². The lowest BCUT2D eigenvalue weighted by Gasteiger charge is -2.19. The molecule has 0 aliphatic heterocycles. The highest BCUT2D eigenvalue weighted by Crippen LogP contribution is 2.33. The van der Waals surface area contributed by atoms with Crippen LogP contribution in [0.3, 0.4) is 0 Å². The van der Waals surface area contributed by atoms with Crippen LogP contribution in [0.5, 0.6) is 11.5 Å². The van der Waals surface area contributed by atoms with Gasteiger partial charge in [0.1, 0.15) is 17.0 Å². The minimum Gasteiger partial charge on any atom is -0.507 e. The summed E-state index contributed by atoms with van der Waals surface area (Å²) >= 11 is 0. The lowest BCUT2D eigenvalue weighted by molar-refractivity contribution is -0.118. The Kier molecular flexibility index (Phi) is 5.38. The Bertz CT molecular complexity index is 1190. The van der Waals surface area contributed by atoms with E-state index in [4.69, 9.17) is 9.15 Å². The van der Waals surface area contributed by atoms with Crippen LogP contribution in [-0.2, 0) is 10.2 Å². The van der Waals surface area contributed by atoms with E-state index in [1.807, 2.05) is 42.5 Å². The number of benzene rings is 3. The van der Waals surface area contributed by atoms with E-state index in [1.165, 1.54) is 11.6 Å². The van der Waals surface area contributed by atoms with Crippen molar-refractivity contribution in [3.63, 3.8) is 0 Å². The first-order valence-corrected chi connectivity index (χ1v) is 10.0. The Morgan fingerprint density at radius 1 is 1.06 bits per heavy atom. The number of carbonyl (C=O) groups excluding carboxylic acids is 1. The second-order valence-corrected chi connectivity index (χ2v) is 8.33. The molecular weight excluding hydrogens is 392 g/mol. The van der Waals surface area contributed by atoms with Gasteiger partial charge in [-0.3, -0.25) is 4.79 Å². The summed E-state index contributed by atoms with van der Waals surface area (Å²) in [6.07, 6.45) is 0. The highest BCUT2D eigenvalue weighted by molar-refractivity contribution is 5.93. The molecular formula is C25H24N2O4. The summed E-state index contributed by atoms with van der Waals surface area (Å²) in [7, 11) is 0. The summed E-state index contributed by atoms with van der Waals surface area (Å²) < 4.78 is 11.3. The van der Waals surface area contributed by atoms with Gasteiger partial charge in [0, 0.05) is 5.69 Å². The van der Waals surface area contributed by atoms with Crippen LogP contribution in [0.25, 0.3) is 22.6 Å². The standard InChI is InChI=1S/C25H24N2O4/c1-25(2,3)16-8-11-18(12-9-16)30-15-23(29)26-17-10-13-21(28)19(14-17)24-27-20-6-4-5-7-22(20)31-24/h4-14,28H,15H2,1-3H3,(H,26,29). The fraction of sp³-hybridized carbons (Fsp3) is 0.200. The van der Waals surface area contributed by atoms with Crippen LogP contribution >= 0.6 is 0 Å². The van der Waals surface area contributed by atoms with Gasteiger partial charge < -0.3 is 19.6 Å². The number of nitrogens with one attached hydrogen (secondary N) is 1. The van der Waals surface area contributed by atoms with Crippen molar-refractivity contribution in [3.8, 4) is 23.0 Å². The van der Waals surface area contributed by atoms with Crippen molar-refractivity contribution in [2.45, 2.75) is 26.2 Å². The number of anilines is 1. The van der Waals surface area contributed by atoms with E-state index in [-0.39, 0.29) is 29.6 Å². The average molecular weight is 416 g/mol. The first kappa shape index (κ1) is 20.5. The molecule has 0 saturated carbocycles. The van der Waals surface area contributed by atoms with E-state index in [9.17, 15) is 9.90 Å². The highest BCUT2D eigenvalue weighted by Gasteiger charge is 2.15. The molecule has 4 rings (SSSR count). The number of ether oxygens (including phenoxy) is 1. The van der Waals surface area contributed by atoms with Gasteiger partial charge in [-0.15, -0.1) is 0 Å². The van der Waals surface area contributed by atoms with Gasteiger partial charge in [0.05, 0.1) is 5.56 Å². The van der Waals surface area contributed by atoms with Crippen LogP contribution < -0.4 is 10.1 Å². The molecule has 0 radical (unpaired) electrons. The lowest BCUT2D eigenvalue weighted by atomic mass is 9.87. The van der Waals surface area contributed by atoms with Crippen LogP contribution in [0, 0.1) is 0 Å². The number of aromatic hydroxyl groups is 1. The number of hydrogen-bond donors (Lipinski definition) is 2. The van der Waals surface area contributed by atoms with Crippen molar-refractivity contribution in [2.24, 2.45) is 0 Å². The van der Waals surface area contributed by atoms with E-state index in [0.29, 0.717) is 28.1 Å². The Morgan fingerprint density at radius 2 is 1.81 bits per heavy atom. The predicted octanol–water partition coefficient (Wildman–Crippen LogP) is 5.52. The number of phenolic OH excluding ortho intramolecular Hbond substituents is 1. The van der Waals surface area contributed by atoms with Gasteiger partial charge in [-0.2, -0.15) is 0 Å². The van der Waals surface area contributed by atoms with E-state index in [1.54, 1.807) is 18.2 Å². The molecule has 0 unspecified atom stereocenters. The monoisotopic (exact) mass is 416 g/mol. The second kappa shape index (κ2) is 8.14. The van der Waals surface area contributed by atoms with Crippen molar-refractivity contribution < 1.29 is 19.1 Å². The molecule has 158 valence electrons. The number of rotatable bonds is 5. The van der Waals surface area contributed by atoms with E-state index < -0.39 is 0 Å². The lowest BCUT2D eigenvalue weighted by Crippen LogP contribution is -2.20. The van der Waals surface area contributed by atoms with Crippen LogP contribution in [-0.4, -0.2) is 22.6 Å². The third-order valence-corrected chi connectivity index (χ3v) is 4.89. The molecule has 1 amide bonds. The minimum absolute atomic E-state index is 0.0137. The predicted molar refractivity (Wildman–Crippen MR) is 120 cm³/mol. The number of nitrogens with zero attached hydrogens (tertiary/aromatic N) is 1. The molecule has 6 nitrogen and oxygen atoms in total. The van der Waals surface area contributed by atoms with E-state index in [0.717, 1.165) is 0 Å². The first-order chi connectivity index (χ1) is 14.8. The topological polar surface area (TPSA) is 84.6 Å². The molecule has 4 aromatic rings. The summed E-state index contributed by atoms with van der Waals surface area (Å²) in [6.45, 7) is 6.29. The van der Waals surface area contributed by atoms with Gasteiger partial charge in [0.2, 0.25) is 5.89 Å². The maximum absolute atomic E-state index is 12.3. The Balaban J connectivity index is 1.43. The van der Waals surface area contributed by atoms with Gasteiger partial charge in [0.15, 0.2) is 12.2 Å². The summed E-state index contributed by atoms with van der Waals surface area (Å²) in [5.74, 6) is 0.611. The molecule has 1 aromatic heterocycles. The normalized spacial score (nSPS) is 11.5. The summed E-state index contributed by atoms with van der Waals surface area (Å²) in [4.78, 5) is 16.7. The van der Waals surface area contributed by atoms with Crippen LogP contribution in [0.2, 0.25) is 0 Å². The van der Waals surface area contributed by atoms with Gasteiger partial charge in [-0.05, 0) is 53.4 Å². The van der Waals surface area contributed by atoms with Crippen molar-refractivity contribution in [3.05, 3.63) is 72.3 Å². The van der Waals surface area contributed by atoms with Crippen LogP contribution in [0.1, 0.15) is 26.3 Å². The van der Waals surface area contributed by atoms with E-state index in [2.05, 4.69) is 31.1 Å². The number of hydrogen-bond acceptors (Lipinski definition) is 5. The average Bonchev–Trinajstić information content (AvgIpc) is 3.17. The van der Waals surface area contributed by atoms with Crippen molar-refractivity contribution >= 4 is 22.7 Å². The van der Waals surface area contributed by atoms with Crippen LogP contribution in [0.4, 0.5) is 5.69 Å². The SMILES string of the molecule is CC(C)(C)c1ccc(OCC(=O)Nc2ccc(O)c(-c3nc4ccccc4o3)c2)cc1. The Hall–Kier alpha value is -3.80. The molecule has 0 fully saturated rings. The fourth-order valence-electron chi connectivity index (χ4n) is 3.17. The number of oxazole rings is 1. The molecule has 0 atom stereocenters. The zero-order chi connectivity index (χ0) is 22.0. The smallest absolute Gasteiger partial charge is 0.262 e. The minimum atomic E-state index is -0.311. The molecule has 6 heteroatoms. The maximum atomic E-state index is 12.3. The summed E-state index contributed by atoms with van der Waals surface area (Å²) in [5.41, 5.74) is 3.47. The number of aromatic nitrogens is 1. The summed E-state index contributed by atoms with van der Waals surface area (Å²) in [5, 5.41) is 13.0. The number of para-hydroxylation sites is 2. The van der Waals surface area contributed by atoms with E-state index >= 15 is 0 Å². The van der Waals surface area contributed by atoms with Gasteiger partial charge >= 0.3 is 0 Å². The molecule has 2 N–H and O–H groups in total. The third-order valence-electron chi connectivity index (χ3n) is 4.89. The molecule has 1 heterocycles. The second-order valence-electron chi connectivity index (χ2n) is 8.33. The van der Waals surface area contributed by atoms with Gasteiger partial charge in [-0.1, -0.05) is 45.0 Å². The number of phenols is 1. The van der Waals surface area contributed by atoms with Crippen molar-refractivity contribution in [1.29, 1.82) is 0 Å². The zero-order valence-corrected chi connectivity index (χ0v) is 17.7. The van der Waals surface area contributed by atoms with Gasteiger partial charge in [0.25, 0.3) is 5.91 Å². The summed E-state index contributed by atoms with van der Waals surface area (Å²) in [6, 6.07) is 19.8. The molecule has 0 saturated heterocycles. The molecule has 0 bridgehead atoms. The Labute approximate surface area is 180 Å². The molecule has 3 aromatic carbocycles. The van der Waals surface area contributed by atoms with Gasteiger partial charge in [-0.25, -0.2) is 4.98 Å². The quantitative estimate of drug-likeness (QED) is 0.419. The maximum Gasteiger partial charge on any atom is 0.262 e. The first-order valence-electron chi connectivity index (χ1n) is 10.0. The number of amides is 1. The molecule has 0 aliphatic carbocycles. The number of carbonyl (C=O) groups is 1. The molecule has 0 aliphatic rings. The number of fused-ring (bicyclic) bond motifs is 1. The highest BCUT2D eigenvalue weighted by atomic mass is 16.5. The molecule has 31 heavy (non-hydrogen) atoms. The molecule has 0 spiro atoms. The van der Waals surface area contributed by atoms with Crippen molar-refractivity contribution in [2.75, 3.05) is 11.9 Å². The van der Waals surface area contributed by atoms with Crippen LogP contribution in [0.15, 0.2) is 71.1 Å². The zero-order valence-electron chi connectivity index (χ0n) is 17.7.